The Kier molecular flexibility index (Phi) is 6.81. The summed E-state index contributed by atoms with van der Waals surface area (Å²) in [7, 11) is 0. The van der Waals surface area contributed by atoms with Gasteiger partial charge in [0.15, 0.2) is 6.10 Å². The first-order valence-electron chi connectivity index (χ1n) is 11.7. The van der Waals surface area contributed by atoms with Crippen molar-refractivity contribution in [3.05, 3.63) is 36.0 Å². The monoisotopic (exact) mass is 483 g/mol. The SMILES string of the molecule is CC1CN(c2ccc(C#N)c3ncccc23)C[C@H](C(=O)NC2CN(C(=O)OC(C)(C)C)CC2F)O1. The van der Waals surface area contributed by atoms with Gasteiger partial charge in [-0.1, -0.05) is 0 Å². The molecule has 1 N–H and O–H groups in total. The van der Waals surface area contributed by atoms with Gasteiger partial charge in [-0.05, 0) is 52.0 Å². The Morgan fingerprint density at radius 3 is 2.71 bits per heavy atom. The standard InChI is InChI=1S/C25H30FN5O4/c1-15-11-30(20-8-7-16(10-27)22-17(20)6-5-9-28-22)14-21(34-15)23(32)29-19-13-31(12-18(19)26)24(33)35-25(2,3)4/h5-9,15,18-19,21H,11-14H2,1-4H3,(H,29,32)/t15?,18?,19?,21-/m1/s1. The number of amides is 2. The number of likely N-dealkylation sites (tertiary alicyclic amines) is 1. The highest BCUT2D eigenvalue weighted by Gasteiger charge is 2.40. The van der Waals surface area contributed by atoms with Crippen LogP contribution in [0.4, 0.5) is 14.9 Å². The average molecular weight is 484 g/mol. The molecule has 10 heteroatoms. The van der Waals surface area contributed by atoms with Crippen molar-refractivity contribution in [2.75, 3.05) is 31.1 Å². The molecule has 0 saturated carbocycles. The number of hydrogen-bond donors (Lipinski definition) is 1. The summed E-state index contributed by atoms with van der Waals surface area (Å²) in [6, 6.07) is 8.59. The fourth-order valence-corrected chi connectivity index (χ4v) is 4.47. The Labute approximate surface area is 203 Å². The summed E-state index contributed by atoms with van der Waals surface area (Å²) in [6.45, 7) is 7.79. The van der Waals surface area contributed by atoms with Crippen LogP contribution in [0.25, 0.3) is 10.9 Å². The largest absolute Gasteiger partial charge is 0.444 e. The summed E-state index contributed by atoms with van der Waals surface area (Å²) in [4.78, 5) is 33.0. The quantitative estimate of drug-likeness (QED) is 0.715. The van der Waals surface area contributed by atoms with Crippen molar-refractivity contribution in [1.29, 1.82) is 5.26 Å². The molecule has 3 unspecified atom stereocenters. The van der Waals surface area contributed by atoms with Crippen LogP contribution in [0.15, 0.2) is 30.5 Å². The summed E-state index contributed by atoms with van der Waals surface area (Å²) in [5.41, 5.74) is 1.23. The van der Waals surface area contributed by atoms with Gasteiger partial charge in [-0.15, -0.1) is 0 Å². The van der Waals surface area contributed by atoms with Crippen LogP contribution in [-0.4, -0.2) is 78.1 Å². The van der Waals surface area contributed by atoms with Gasteiger partial charge in [-0.25, -0.2) is 9.18 Å². The zero-order valence-corrected chi connectivity index (χ0v) is 20.3. The predicted octanol–water partition coefficient (Wildman–Crippen LogP) is 2.77. The molecule has 4 rings (SSSR count). The number of morpholine rings is 1. The second kappa shape index (κ2) is 9.66. The second-order valence-corrected chi connectivity index (χ2v) is 10.0. The van der Waals surface area contributed by atoms with E-state index in [-0.39, 0.29) is 25.7 Å². The summed E-state index contributed by atoms with van der Waals surface area (Å²) < 4.78 is 25.9. The summed E-state index contributed by atoms with van der Waals surface area (Å²) in [5.74, 6) is -0.434. The van der Waals surface area contributed by atoms with Crippen LogP contribution in [-0.2, 0) is 14.3 Å². The number of nitrogens with one attached hydrogen (secondary N) is 1. The van der Waals surface area contributed by atoms with Gasteiger partial charge >= 0.3 is 6.09 Å². The highest BCUT2D eigenvalue weighted by molar-refractivity contribution is 5.95. The Hall–Kier alpha value is -3.45. The second-order valence-electron chi connectivity index (χ2n) is 10.0. The van der Waals surface area contributed by atoms with Crippen LogP contribution in [0, 0.1) is 11.3 Å². The molecule has 0 aliphatic carbocycles. The molecule has 2 amide bonds. The van der Waals surface area contributed by atoms with Crippen LogP contribution >= 0.6 is 0 Å². The van der Waals surface area contributed by atoms with Gasteiger partial charge in [0, 0.05) is 30.4 Å². The van der Waals surface area contributed by atoms with Crippen molar-refractivity contribution in [2.45, 2.75) is 57.7 Å². The van der Waals surface area contributed by atoms with Crippen molar-refractivity contribution in [1.82, 2.24) is 15.2 Å². The van der Waals surface area contributed by atoms with Crippen LogP contribution in [0.2, 0.25) is 0 Å². The van der Waals surface area contributed by atoms with E-state index in [1.54, 1.807) is 39.1 Å². The summed E-state index contributed by atoms with van der Waals surface area (Å²) in [5, 5.41) is 13.0. The number of nitriles is 1. The molecule has 1 aromatic carbocycles. The summed E-state index contributed by atoms with van der Waals surface area (Å²) >= 11 is 0. The smallest absolute Gasteiger partial charge is 0.410 e. The molecule has 0 radical (unpaired) electrons. The van der Waals surface area contributed by atoms with Crippen molar-refractivity contribution in [2.24, 2.45) is 0 Å². The molecule has 3 heterocycles. The van der Waals surface area contributed by atoms with Crippen molar-refractivity contribution in [3.8, 4) is 6.07 Å². The van der Waals surface area contributed by atoms with E-state index in [0.717, 1.165) is 11.1 Å². The Balaban J connectivity index is 1.46. The molecule has 186 valence electrons. The fourth-order valence-electron chi connectivity index (χ4n) is 4.47. The number of nitrogens with zero attached hydrogens (tertiary/aromatic N) is 4. The van der Waals surface area contributed by atoms with Gasteiger partial charge in [-0.3, -0.25) is 9.78 Å². The van der Waals surface area contributed by atoms with E-state index in [9.17, 15) is 19.2 Å². The number of ether oxygens (including phenoxy) is 2. The van der Waals surface area contributed by atoms with Crippen LogP contribution in [0.1, 0.15) is 33.3 Å². The number of carbonyl (C=O) groups excluding carboxylic acids is 2. The van der Waals surface area contributed by atoms with Crippen molar-refractivity contribution < 1.29 is 23.5 Å². The lowest BCUT2D eigenvalue weighted by Gasteiger charge is -2.38. The normalized spacial score (nSPS) is 24.8. The lowest BCUT2D eigenvalue weighted by Crippen LogP contribution is -2.55. The van der Waals surface area contributed by atoms with Crippen LogP contribution < -0.4 is 10.2 Å². The molecule has 35 heavy (non-hydrogen) atoms. The molecule has 0 bridgehead atoms. The fraction of sp³-hybridized carbons (Fsp3) is 0.520. The minimum Gasteiger partial charge on any atom is -0.444 e. The maximum atomic E-state index is 14.7. The molecular weight excluding hydrogens is 453 g/mol. The number of hydrogen-bond acceptors (Lipinski definition) is 7. The van der Waals surface area contributed by atoms with E-state index in [1.807, 2.05) is 24.0 Å². The van der Waals surface area contributed by atoms with Crippen molar-refractivity contribution in [3.63, 3.8) is 0 Å². The molecule has 1 aromatic heterocycles. The minimum atomic E-state index is -1.41. The zero-order valence-electron chi connectivity index (χ0n) is 20.3. The number of halogens is 1. The first kappa shape index (κ1) is 24.7. The number of carbonyl (C=O) groups is 2. The average Bonchev–Trinajstić information content (AvgIpc) is 3.17. The molecule has 2 aliphatic rings. The number of aromatic nitrogens is 1. The van der Waals surface area contributed by atoms with E-state index in [1.165, 1.54) is 4.90 Å². The van der Waals surface area contributed by atoms with Crippen LogP contribution in [0.5, 0.6) is 0 Å². The number of pyridine rings is 1. The van der Waals surface area contributed by atoms with Gasteiger partial charge in [-0.2, -0.15) is 5.26 Å². The third-order valence-corrected chi connectivity index (χ3v) is 5.99. The molecule has 0 spiro atoms. The van der Waals surface area contributed by atoms with E-state index >= 15 is 0 Å². The molecule has 2 aliphatic heterocycles. The first-order chi connectivity index (χ1) is 16.6. The highest BCUT2D eigenvalue weighted by atomic mass is 19.1. The number of alkyl halides is 1. The van der Waals surface area contributed by atoms with E-state index in [0.29, 0.717) is 17.6 Å². The van der Waals surface area contributed by atoms with Crippen LogP contribution in [0.3, 0.4) is 0 Å². The maximum absolute atomic E-state index is 14.7. The van der Waals surface area contributed by atoms with Gasteiger partial charge < -0.3 is 24.6 Å². The number of fused-ring (bicyclic) bond motifs is 1. The predicted molar refractivity (Wildman–Crippen MR) is 128 cm³/mol. The molecule has 4 atom stereocenters. The first-order valence-corrected chi connectivity index (χ1v) is 11.7. The number of rotatable bonds is 3. The van der Waals surface area contributed by atoms with Gasteiger partial charge in [0.25, 0.3) is 5.91 Å². The van der Waals surface area contributed by atoms with Gasteiger partial charge in [0.05, 0.1) is 36.3 Å². The van der Waals surface area contributed by atoms with Crippen molar-refractivity contribution >= 4 is 28.6 Å². The van der Waals surface area contributed by atoms with E-state index in [4.69, 9.17) is 9.47 Å². The topological polar surface area (TPSA) is 108 Å². The van der Waals surface area contributed by atoms with Gasteiger partial charge in [0.1, 0.15) is 17.8 Å². The molecule has 2 fully saturated rings. The Morgan fingerprint density at radius 2 is 2.00 bits per heavy atom. The van der Waals surface area contributed by atoms with E-state index in [2.05, 4.69) is 16.4 Å². The molecule has 9 nitrogen and oxygen atoms in total. The molecular formula is C25H30FN5O4. The minimum absolute atomic E-state index is 0.0275. The third-order valence-electron chi connectivity index (χ3n) is 5.99. The molecule has 2 saturated heterocycles. The zero-order chi connectivity index (χ0) is 25.3. The lowest BCUT2D eigenvalue weighted by atomic mass is 10.1. The Bertz CT molecular complexity index is 1160. The lowest BCUT2D eigenvalue weighted by molar-refractivity contribution is -0.138. The number of anilines is 1. The van der Waals surface area contributed by atoms with E-state index < -0.39 is 35.9 Å². The number of benzene rings is 1. The molecule has 2 aromatic rings. The van der Waals surface area contributed by atoms with Gasteiger partial charge in [0.2, 0.25) is 0 Å². The third kappa shape index (κ3) is 5.46. The Morgan fingerprint density at radius 1 is 1.23 bits per heavy atom. The maximum Gasteiger partial charge on any atom is 0.410 e. The highest BCUT2D eigenvalue weighted by Crippen LogP contribution is 2.30. The summed E-state index contributed by atoms with van der Waals surface area (Å²) in [6.07, 6.45) is -1.46.